The summed E-state index contributed by atoms with van der Waals surface area (Å²) in [5.74, 6) is -0.232. The molecule has 4 rings (SSSR count). The lowest BCUT2D eigenvalue weighted by Crippen LogP contribution is -2.12. The fourth-order valence-electron chi connectivity index (χ4n) is 2.83. The number of nitrogens with one attached hydrogen (secondary N) is 1. The molecule has 1 N–H and O–H groups in total. The lowest BCUT2D eigenvalue weighted by molar-refractivity contribution is -0.144. The standard InChI is InChI=1S/C18H16F3N7/c1-12-9-14(28-17(24-12)25-16(26-28)18(19,20)21)23-10-15-22-7-8-27(15)11-13-5-3-2-4-6-13/h2-9,23H,10-11H2,1H3. The quantitative estimate of drug-likeness (QED) is 0.569. The zero-order chi connectivity index (χ0) is 19.7. The number of aryl methyl sites for hydroxylation is 1. The van der Waals surface area contributed by atoms with Crippen molar-refractivity contribution in [3.8, 4) is 0 Å². The van der Waals surface area contributed by atoms with Gasteiger partial charge in [0.15, 0.2) is 0 Å². The first kappa shape index (κ1) is 18.0. The third-order valence-corrected chi connectivity index (χ3v) is 4.12. The van der Waals surface area contributed by atoms with Gasteiger partial charge in [0.05, 0.1) is 6.54 Å². The summed E-state index contributed by atoms with van der Waals surface area (Å²) in [7, 11) is 0. The van der Waals surface area contributed by atoms with Crippen LogP contribution in [0.5, 0.6) is 0 Å². The van der Waals surface area contributed by atoms with Crippen molar-refractivity contribution in [1.82, 2.24) is 29.1 Å². The van der Waals surface area contributed by atoms with Gasteiger partial charge in [0.2, 0.25) is 0 Å². The molecule has 0 aliphatic carbocycles. The van der Waals surface area contributed by atoms with Crippen LogP contribution in [0.3, 0.4) is 0 Å². The van der Waals surface area contributed by atoms with Crippen LogP contribution in [-0.2, 0) is 19.3 Å². The lowest BCUT2D eigenvalue weighted by atomic mass is 10.2. The largest absolute Gasteiger partial charge is 0.453 e. The number of hydrogen-bond donors (Lipinski definition) is 1. The van der Waals surface area contributed by atoms with Crippen molar-refractivity contribution in [2.45, 2.75) is 26.2 Å². The van der Waals surface area contributed by atoms with Crippen LogP contribution in [0.25, 0.3) is 5.78 Å². The van der Waals surface area contributed by atoms with Gasteiger partial charge in [0.25, 0.3) is 11.6 Å². The van der Waals surface area contributed by atoms with E-state index >= 15 is 0 Å². The molecular weight excluding hydrogens is 371 g/mol. The summed E-state index contributed by atoms with van der Waals surface area (Å²) in [6.07, 6.45) is -1.09. The van der Waals surface area contributed by atoms with Crippen molar-refractivity contribution in [1.29, 1.82) is 0 Å². The minimum atomic E-state index is -4.63. The molecule has 0 saturated heterocycles. The van der Waals surface area contributed by atoms with Gasteiger partial charge in [-0.25, -0.2) is 9.97 Å². The maximum Gasteiger partial charge on any atom is 0.453 e. The summed E-state index contributed by atoms with van der Waals surface area (Å²) in [5, 5.41) is 6.64. The van der Waals surface area contributed by atoms with Crippen LogP contribution >= 0.6 is 0 Å². The number of imidazole rings is 1. The maximum atomic E-state index is 12.9. The van der Waals surface area contributed by atoms with Gasteiger partial charge in [-0.05, 0) is 12.5 Å². The van der Waals surface area contributed by atoms with Crippen LogP contribution < -0.4 is 5.32 Å². The number of hydrogen-bond acceptors (Lipinski definition) is 5. The highest BCUT2D eigenvalue weighted by Gasteiger charge is 2.36. The van der Waals surface area contributed by atoms with E-state index in [1.54, 1.807) is 19.2 Å². The first-order chi connectivity index (χ1) is 13.4. The Balaban J connectivity index is 1.58. The van der Waals surface area contributed by atoms with Crippen LogP contribution in [0.15, 0.2) is 48.8 Å². The molecule has 0 aliphatic rings. The van der Waals surface area contributed by atoms with E-state index in [-0.39, 0.29) is 5.78 Å². The Bertz CT molecular complexity index is 1100. The van der Waals surface area contributed by atoms with Crippen molar-refractivity contribution < 1.29 is 13.2 Å². The molecule has 3 aromatic heterocycles. The van der Waals surface area contributed by atoms with Gasteiger partial charge < -0.3 is 9.88 Å². The molecule has 28 heavy (non-hydrogen) atoms. The van der Waals surface area contributed by atoms with E-state index in [9.17, 15) is 13.2 Å². The van der Waals surface area contributed by atoms with Crippen LogP contribution in [0.1, 0.15) is 22.9 Å². The Morgan fingerprint density at radius 1 is 1.11 bits per heavy atom. The highest BCUT2D eigenvalue weighted by atomic mass is 19.4. The van der Waals surface area contributed by atoms with E-state index in [2.05, 4.69) is 25.4 Å². The number of benzene rings is 1. The number of aromatic nitrogens is 6. The van der Waals surface area contributed by atoms with Crippen LogP contribution in [0.4, 0.5) is 19.0 Å². The molecule has 1 aromatic carbocycles. The van der Waals surface area contributed by atoms with Crippen LogP contribution in [0, 0.1) is 6.92 Å². The summed E-state index contributed by atoms with van der Waals surface area (Å²) in [6, 6.07) is 11.5. The fraction of sp³-hybridized carbons (Fsp3) is 0.222. The Morgan fingerprint density at radius 3 is 2.64 bits per heavy atom. The molecule has 0 atom stereocenters. The molecule has 0 radical (unpaired) electrons. The SMILES string of the molecule is Cc1cc(NCc2nccn2Cc2ccccc2)n2nc(C(F)(F)F)nc2n1. The van der Waals surface area contributed by atoms with Gasteiger partial charge in [-0.15, -0.1) is 5.10 Å². The summed E-state index contributed by atoms with van der Waals surface area (Å²) >= 11 is 0. The molecule has 0 aliphatic heterocycles. The number of anilines is 1. The molecule has 7 nitrogen and oxygen atoms in total. The molecule has 10 heteroatoms. The molecule has 0 amide bonds. The smallest absolute Gasteiger partial charge is 0.363 e. The molecule has 0 spiro atoms. The molecule has 0 fully saturated rings. The molecular formula is C18H16F3N7. The Morgan fingerprint density at radius 2 is 1.89 bits per heavy atom. The Labute approximate surface area is 157 Å². The highest BCUT2D eigenvalue weighted by molar-refractivity contribution is 5.45. The first-order valence-corrected chi connectivity index (χ1v) is 8.49. The normalized spacial score (nSPS) is 11.9. The van der Waals surface area contributed by atoms with Gasteiger partial charge in [-0.2, -0.15) is 22.7 Å². The fourth-order valence-corrected chi connectivity index (χ4v) is 2.83. The average molecular weight is 387 g/mol. The van der Waals surface area contributed by atoms with Crippen molar-refractivity contribution >= 4 is 11.6 Å². The number of nitrogens with zero attached hydrogens (tertiary/aromatic N) is 6. The third kappa shape index (κ3) is 3.66. The Hall–Kier alpha value is -3.43. The van der Waals surface area contributed by atoms with Gasteiger partial charge in [0, 0.05) is 30.7 Å². The molecule has 3 heterocycles. The maximum absolute atomic E-state index is 12.9. The lowest BCUT2D eigenvalue weighted by Gasteiger charge is -2.11. The van der Waals surface area contributed by atoms with Gasteiger partial charge >= 0.3 is 6.18 Å². The molecule has 144 valence electrons. The number of fused-ring (bicyclic) bond motifs is 1. The second-order valence-electron chi connectivity index (χ2n) is 6.24. The second-order valence-corrected chi connectivity index (χ2v) is 6.24. The minimum absolute atomic E-state index is 0.109. The number of halogens is 3. The van der Waals surface area contributed by atoms with E-state index < -0.39 is 12.0 Å². The first-order valence-electron chi connectivity index (χ1n) is 8.49. The topological polar surface area (TPSA) is 72.9 Å². The van der Waals surface area contributed by atoms with E-state index in [1.165, 1.54) is 0 Å². The molecule has 0 bridgehead atoms. The zero-order valence-electron chi connectivity index (χ0n) is 14.9. The van der Waals surface area contributed by atoms with E-state index in [1.807, 2.05) is 41.1 Å². The van der Waals surface area contributed by atoms with Crippen molar-refractivity contribution in [3.63, 3.8) is 0 Å². The Kier molecular flexibility index (Phi) is 4.46. The van der Waals surface area contributed by atoms with Crippen molar-refractivity contribution in [3.05, 3.63) is 71.7 Å². The van der Waals surface area contributed by atoms with E-state index in [0.29, 0.717) is 24.6 Å². The van der Waals surface area contributed by atoms with Crippen molar-refractivity contribution in [2.75, 3.05) is 5.32 Å². The predicted octanol–water partition coefficient (Wildman–Crippen LogP) is 3.31. The molecule has 0 unspecified atom stereocenters. The second kappa shape index (κ2) is 6.95. The summed E-state index contributed by atoms with van der Waals surface area (Å²) in [6.45, 7) is 2.63. The summed E-state index contributed by atoms with van der Waals surface area (Å²) in [5.41, 5.74) is 1.65. The van der Waals surface area contributed by atoms with Gasteiger partial charge in [-0.3, -0.25) is 0 Å². The van der Waals surface area contributed by atoms with Gasteiger partial charge in [0.1, 0.15) is 11.6 Å². The highest BCUT2D eigenvalue weighted by Crippen LogP contribution is 2.27. The van der Waals surface area contributed by atoms with Crippen LogP contribution in [-0.4, -0.2) is 29.1 Å². The zero-order valence-corrected chi connectivity index (χ0v) is 14.9. The van der Waals surface area contributed by atoms with Gasteiger partial charge in [-0.1, -0.05) is 30.3 Å². The summed E-state index contributed by atoms with van der Waals surface area (Å²) in [4.78, 5) is 11.8. The summed E-state index contributed by atoms with van der Waals surface area (Å²) < 4.78 is 41.8. The average Bonchev–Trinajstić information content (AvgIpc) is 3.27. The van der Waals surface area contributed by atoms with E-state index in [0.717, 1.165) is 15.9 Å². The molecule has 4 aromatic rings. The van der Waals surface area contributed by atoms with Crippen LogP contribution in [0.2, 0.25) is 0 Å². The monoisotopic (exact) mass is 387 g/mol. The minimum Gasteiger partial charge on any atom is -0.363 e. The number of rotatable bonds is 5. The van der Waals surface area contributed by atoms with E-state index in [4.69, 9.17) is 0 Å². The number of alkyl halides is 3. The third-order valence-electron chi connectivity index (χ3n) is 4.12. The molecule has 0 saturated carbocycles. The van der Waals surface area contributed by atoms with Crippen molar-refractivity contribution in [2.24, 2.45) is 0 Å². The predicted molar refractivity (Wildman–Crippen MR) is 95.6 cm³/mol.